The summed E-state index contributed by atoms with van der Waals surface area (Å²) in [6.45, 7) is 4.23. The van der Waals surface area contributed by atoms with Crippen LogP contribution in [0.3, 0.4) is 0 Å². The second-order valence-electron chi connectivity index (χ2n) is 6.42. The van der Waals surface area contributed by atoms with Crippen molar-refractivity contribution in [1.82, 2.24) is 9.88 Å². The largest absolute Gasteiger partial charge is 0.416 e. The normalized spacial score (nSPS) is 21.7. The molecule has 26 heavy (non-hydrogen) atoms. The molecule has 3 nitrogen and oxygen atoms in total. The molecule has 1 aromatic carbocycles. The standard InChI is InChI=1S/C18H18F3N3.2ClH/c19-18(20,21)15-3-1-2-13(10-15)14-4-5-17(22-11-14)24-9-8-23-7-6-16(24)12-23;;/h1-5,10-11,16H,6-9,12H2;2*1H. The molecule has 2 aromatic rings. The Morgan fingerprint density at radius 1 is 0.962 bits per heavy atom. The number of anilines is 1. The van der Waals surface area contributed by atoms with Gasteiger partial charge in [-0.3, -0.25) is 4.90 Å². The number of nitrogens with zero attached hydrogens (tertiary/aromatic N) is 3. The molecule has 0 amide bonds. The van der Waals surface area contributed by atoms with E-state index in [1.165, 1.54) is 12.1 Å². The van der Waals surface area contributed by atoms with Crippen LogP contribution in [0.4, 0.5) is 19.0 Å². The molecule has 8 heteroatoms. The minimum atomic E-state index is -4.33. The Labute approximate surface area is 163 Å². The smallest absolute Gasteiger partial charge is 0.351 e. The Morgan fingerprint density at radius 3 is 2.46 bits per heavy atom. The van der Waals surface area contributed by atoms with Crippen LogP contribution in [0.15, 0.2) is 42.6 Å². The summed E-state index contributed by atoms with van der Waals surface area (Å²) < 4.78 is 38.6. The van der Waals surface area contributed by atoms with E-state index in [-0.39, 0.29) is 24.8 Å². The molecule has 0 N–H and O–H groups in total. The molecule has 2 aliphatic rings. The number of piperazine rings is 1. The number of hydrogen-bond acceptors (Lipinski definition) is 3. The molecule has 0 saturated carbocycles. The van der Waals surface area contributed by atoms with Crippen LogP contribution in [0.5, 0.6) is 0 Å². The Balaban J connectivity index is 0.00000121. The minimum Gasteiger partial charge on any atom is -0.351 e. The van der Waals surface area contributed by atoms with Crippen LogP contribution in [0.1, 0.15) is 12.0 Å². The van der Waals surface area contributed by atoms with Gasteiger partial charge in [-0.1, -0.05) is 12.1 Å². The van der Waals surface area contributed by atoms with Crippen LogP contribution >= 0.6 is 24.8 Å². The van der Waals surface area contributed by atoms with Gasteiger partial charge in [0.05, 0.1) is 5.56 Å². The quantitative estimate of drug-likeness (QED) is 0.732. The number of alkyl halides is 3. The predicted molar refractivity (Wildman–Crippen MR) is 101 cm³/mol. The van der Waals surface area contributed by atoms with Crippen molar-refractivity contribution in [2.24, 2.45) is 0 Å². The third-order valence-electron chi connectivity index (χ3n) is 4.91. The Kier molecular flexibility index (Phi) is 6.42. The van der Waals surface area contributed by atoms with Crippen LogP contribution < -0.4 is 4.90 Å². The highest BCUT2D eigenvalue weighted by Gasteiger charge is 2.33. The van der Waals surface area contributed by atoms with E-state index in [1.807, 2.05) is 12.1 Å². The van der Waals surface area contributed by atoms with E-state index in [0.717, 1.165) is 44.5 Å². The second kappa shape index (κ2) is 8.03. The molecule has 2 bridgehead atoms. The SMILES string of the molecule is Cl.Cl.FC(F)(F)c1cccc(-c2ccc(N3CCN4CCC3C4)nc2)c1. The number of rotatable bonds is 2. The number of aromatic nitrogens is 1. The molecule has 2 aliphatic heterocycles. The topological polar surface area (TPSA) is 19.4 Å². The van der Waals surface area contributed by atoms with Crippen molar-refractivity contribution in [2.75, 3.05) is 31.1 Å². The summed E-state index contributed by atoms with van der Waals surface area (Å²) in [5, 5.41) is 0. The molecule has 2 fully saturated rings. The van der Waals surface area contributed by atoms with Crippen LogP contribution in [-0.4, -0.2) is 42.1 Å². The van der Waals surface area contributed by atoms with Crippen molar-refractivity contribution in [1.29, 1.82) is 0 Å². The number of halogens is 5. The minimum absolute atomic E-state index is 0. The van der Waals surface area contributed by atoms with Gasteiger partial charge in [0.1, 0.15) is 5.82 Å². The van der Waals surface area contributed by atoms with Crippen molar-refractivity contribution in [3.05, 3.63) is 48.2 Å². The van der Waals surface area contributed by atoms with E-state index < -0.39 is 11.7 Å². The van der Waals surface area contributed by atoms with Gasteiger partial charge in [-0.25, -0.2) is 4.98 Å². The maximum Gasteiger partial charge on any atom is 0.416 e. The molecular formula is C18H20Cl2F3N3. The van der Waals surface area contributed by atoms with E-state index in [4.69, 9.17) is 0 Å². The van der Waals surface area contributed by atoms with Crippen molar-refractivity contribution >= 4 is 30.6 Å². The fraction of sp³-hybridized carbons (Fsp3) is 0.389. The van der Waals surface area contributed by atoms with E-state index in [1.54, 1.807) is 12.3 Å². The van der Waals surface area contributed by atoms with Crippen LogP contribution in [0.25, 0.3) is 11.1 Å². The fourth-order valence-electron chi connectivity index (χ4n) is 3.60. The van der Waals surface area contributed by atoms with Gasteiger partial charge in [-0.15, -0.1) is 24.8 Å². The van der Waals surface area contributed by atoms with Crippen molar-refractivity contribution in [2.45, 2.75) is 18.6 Å². The first kappa shape index (κ1) is 20.8. The first-order chi connectivity index (χ1) is 11.5. The number of pyridine rings is 1. The lowest BCUT2D eigenvalue weighted by Crippen LogP contribution is -2.47. The molecule has 0 spiro atoms. The molecule has 4 rings (SSSR count). The highest BCUT2D eigenvalue weighted by atomic mass is 35.5. The van der Waals surface area contributed by atoms with Crippen molar-refractivity contribution in [3.63, 3.8) is 0 Å². The average Bonchev–Trinajstić information content (AvgIpc) is 2.96. The van der Waals surface area contributed by atoms with E-state index >= 15 is 0 Å². The highest BCUT2D eigenvalue weighted by Crippen LogP contribution is 2.32. The second-order valence-corrected chi connectivity index (χ2v) is 6.42. The lowest BCUT2D eigenvalue weighted by atomic mass is 10.0. The lowest BCUT2D eigenvalue weighted by molar-refractivity contribution is -0.137. The molecule has 0 aliphatic carbocycles. The lowest BCUT2D eigenvalue weighted by Gasteiger charge is -2.35. The monoisotopic (exact) mass is 405 g/mol. The zero-order chi connectivity index (χ0) is 16.7. The van der Waals surface area contributed by atoms with Crippen LogP contribution in [0, 0.1) is 0 Å². The summed E-state index contributed by atoms with van der Waals surface area (Å²) in [5.41, 5.74) is 0.607. The first-order valence-corrected chi connectivity index (χ1v) is 8.13. The van der Waals surface area contributed by atoms with Gasteiger partial charge >= 0.3 is 6.18 Å². The predicted octanol–water partition coefficient (Wildman–Crippen LogP) is 4.51. The zero-order valence-electron chi connectivity index (χ0n) is 13.9. The Hall–Kier alpha value is -1.50. The van der Waals surface area contributed by atoms with Crippen molar-refractivity contribution in [3.8, 4) is 11.1 Å². The molecule has 1 aromatic heterocycles. The third kappa shape index (κ3) is 4.08. The van der Waals surface area contributed by atoms with Crippen LogP contribution in [-0.2, 0) is 6.18 Å². The van der Waals surface area contributed by atoms with E-state index in [9.17, 15) is 13.2 Å². The molecule has 2 atom stereocenters. The molecule has 2 unspecified atom stereocenters. The fourth-order valence-corrected chi connectivity index (χ4v) is 3.60. The highest BCUT2D eigenvalue weighted by molar-refractivity contribution is 5.85. The summed E-state index contributed by atoms with van der Waals surface area (Å²) in [7, 11) is 0. The molecule has 2 saturated heterocycles. The van der Waals surface area contributed by atoms with Crippen LogP contribution in [0.2, 0.25) is 0 Å². The summed E-state index contributed by atoms with van der Waals surface area (Å²) in [4.78, 5) is 9.29. The van der Waals surface area contributed by atoms with E-state index in [2.05, 4.69) is 14.8 Å². The Morgan fingerprint density at radius 2 is 1.77 bits per heavy atom. The Bertz CT molecular complexity index is 737. The molecular weight excluding hydrogens is 386 g/mol. The van der Waals surface area contributed by atoms with Gasteiger partial charge in [0.15, 0.2) is 0 Å². The summed E-state index contributed by atoms with van der Waals surface area (Å²) >= 11 is 0. The van der Waals surface area contributed by atoms with Crippen molar-refractivity contribution < 1.29 is 13.2 Å². The van der Waals surface area contributed by atoms with Gasteiger partial charge in [0, 0.05) is 44.0 Å². The molecule has 3 heterocycles. The maximum atomic E-state index is 12.9. The summed E-state index contributed by atoms with van der Waals surface area (Å²) in [5.74, 6) is 0.914. The van der Waals surface area contributed by atoms with Gasteiger partial charge in [-0.2, -0.15) is 13.2 Å². The first-order valence-electron chi connectivity index (χ1n) is 8.13. The van der Waals surface area contributed by atoms with Gasteiger partial charge in [0.25, 0.3) is 0 Å². The number of fused-ring (bicyclic) bond motifs is 2. The number of benzene rings is 1. The maximum absolute atomic E-state index is 12.9. The van der Waals surface area contributed by atoms with E-state index in [0.29, 0.717) is 17.2 Å². The third-order valence-corrected chi connectivity index (χ3v) is 4.91. The zero-order valence-corrected chi connectivity index (χ0v) is 15.6. The van der Waals surface area contributed by atoms with Gasteiger partial charge in [0.2, 0.25) is 0 Å². The summed E-state index contributed by atoms with van der Waals surface area (Å²) in [6, 6.07) is 9.66. The average molecular weight is 406 g/mol. The molecule has 142 valence electrons. The van der Waals surface area contributed by atoms with Gasteiger partial charge in [-0.05, 0) is 36.2 Å². The number of hydrogen-bond donors (Lipinski definition) is 0. The molecule has 0 radical (unpaired) electrons. The van der Waals surface area contributed by atoms with Gasteiger partial charge < -0.3 is 4.90 Å². The summed E-state index contributed by atoms with van der Waals surface area (Å²) in [6.07, 6.45) is -1.51.